The van der Waals surface area contributed by atoms with Crippen molar-refractivity contribution in [3.8, 4) is 5.75 Å². The van der Waals surface area contributed by atoms with Crippen LogP contribution in [0.5, 0.6) is 5.75 Å². The van der Waals surface area contributed by atoms with Crippen LogP contribution in [-0.2, 0) is 0 Å². The highest BCUT2D eigenvalue weighted by Crippen LogP contribution is 2.42. The number of hydrogen-bond donors (Lipinski definition) is 1. The highest BCUT2D eigenvalue weighted by Gasteiger charge is 2.31. The van der Waals surface area contributed by atoms with Gasteiger partial charge in [0.1, 0.15) is 22.1 Å². The fourth-order valence-corrected chi connectivity index (χ4v) is 4.29. The van der Waals surface area contributed by atoms with E-state index in [4.69, 9.17) is 16.0 Å². The molecule has 4 nitrogen and oxygen atoms in total. The number of carbonyl (C=O) groups excluding carboxylic acids is 1. The summed E-state index contributed by atoms with van der Waals surface area (Å²) in [5, 5.41) is 10.8. The van der Waals surface area contributed by atoms with Crippen LogP contribution in [0.4, 0.5) is 0 Å². The Balaban J connectivity index is 1.88. The third kappa shape index (κ3) is 3.92. The Hall–Kier alpha value is -3.02. The average molecular weight is 423 g/mol. The maximum absolute atomic E-state index is 13.3. The number of Topliss-reactive ketones (excluding diaryl/α,β-unsaturated/α-hetero) is 1. The topological polar surface area (TPSA) is 67.5 Å². The minimum Gasteiger partial charge on any atom is -0.507 e. The van der Waals surface area contributed by atoms with Crippen molar-refractivity contribution in [2.45, 2.75) is 10.1 Å². The van der Waals surface area contributed by atoms with Crippen LogP contribution < -0.4 is 5.63 Å². The molecule has 1 N–H and O–H groups in total. The molecule has 0 fully saturated rings. The number of ketones is 1. The van der Waals surface area contributed by atoms with Crippen molar-refractivity contribution < 1.29 is 14.3 Å². The van der Waals surface area contributed by atoms with Gasteiger partial charge in [-0.25, -0.2) is 4.79 Å². The summed E-state index contributed by atoms with van der Waals surface area (Å²) in [6.45, 7) is 0. The van der Waals surface area contributed by atoms with E-state index in [0.29, 0.717) is 16.0 Å². The van der Waals surface area contributed by atoms with Crippen molar-refractivity contribution in [1.29, 1.82) is 0 Å². The molecule has 4 aromatic rings. The van der Waals surface area contributed by atoms with Gasteiger partial charge in [-0.2, -0.15) is 0 Å². The second kappa shape index (κ2) is 8.15. The molecule has 6 heteroatoms. The van der Waals surface area contributed by atoms with Crippen LogP contribution in [0.15, 0.2) is 93.0 Å². The number of hydrogen-bond acceptors (Lipinski definition) is 5. The Morgan fingerprint density at radius 1 is 0.931 bits per heavy atom. The lowest BCUT2D eigenvalue weighted by Crippen LogP contribution is -2.18. The van der Waals surface area contributed by atoms with Gasteiger partial charge in [0.05, 0.1) is 5.39 Å². The number of fused-ring (bicyclic) bond motifs is 1. The van der Waals surface area contributed by atoms with Crippen molar-refractivity contribution in [1.82, 2.24) is 0 Å². The van der Waals surface area contributed by atoms with E-state index in [1.54, 1.807) is 78.9 Å². The van der Waals surface area contributed by atoms with Crippen LogP contribution in [0, 0.1) is 0 Å². The van der Waals surface area contributed by atoms with Gasteiger partial charge in [-0.05, 0) is 36.4 Å². The second-order valence-corrected chi connectivity index (χ2v) is 7.94. The van der Waals surface area contributed by atoms with Crippen LogP contribution in [0.3, 0.4) is 0 Å². The first-order chi connectivity index (χ1) is 14.0. The molecular formula is C23H15ClO4S. The van der Waals surface area contributed by atoms with E-state index in [1.165, 1.54) is 0 Å². The molecule has 1 heterocycles. The molecule has 0 aliphatic rings. The first-order valence-corrected chi connectivity index (χ1v) is 10.1. The summed E-state index contributed by atoms with van der Waals surface area (Å²) >= 11 is 7.12. The molecule has 0 unspecified atom stereocenters. The molecule has 0 aliphatic heterocycles. The highest BCUT2D eigenvalue weighted by molar-refractivity contribution is 8.00. The first kappa shape index (κ1) is 19.3. The zero-order chi connectivity index (χ0) is 20.4. The molecule has 0 saturated heterocycles. The summed E-state index contributed by atoms with van der Waals surface area (Å²) < 4.78 is 5.40. The third-order valence-electron chi connectivity index (χ3n) is 4.45. The molecule has 4 rings (SSSR count). The monoisotopic (exact) mass is 422 g/mol. The predicted octanol–water partition coefficient (Wildman–Crippen LogP) is 5.87. The Morgan fingerprint density at radius 3 is 2.31 bits per heavy atom. The van der Waals surface area contributed by atoms with Crippen LogP contribution in [0.2, 0.25) is 5.02 Å². The summed E-state index contributed by atoms with van der Waals surface area (Å²) in [6, 6.07) is 22.3. The van der Waals surface area contributed by atoms with Crippen molar-refractivity contribution in [2.24, 2.45) is 0 Å². The van der Waals surface area contributed by atoms with E-state index in [2.05, 4.69) is 0 Å². The summed E-state index contributed by atoms with van der Waals surface area (Å²) in [5.41, 5.74) is -0.110. The smallest absolute Gasteiger partial charge is 0.344 e. The van der Waals surface area contributed by atoms with Gasteiger partial charge in [-0.15, -0.1) is 11.8 Å². The van der Waals surface area contributed by atoms with Crippen LogP contribution in [0.1, 0.15) is 21.2 Å². The Morgan fingerprint density at radius 2 is 1.59 bits per heavy atom. The number of carbonyl (C=O) groups is 1. The van der Waals surface area contributed by atoms with E-state index in [-0.39, 0.29) is 22.7 Å². The van der Waals surface area contributed by atoms with Crippen LogP contribution in [-0.4, -0.2) is 10.9 Å². The number of benzene rings is 3. The number of aromatic hydroxyl groups is 1. The number of thioether (sulfide) groups is 1. The van der Waals surface area contributed by atoms with Crippen LogP contribution in [0.25, 0.3) is 11.0 Å². The first-order valence-electron chi connectivity index (χ1n) is 8.81. The quantitative estimate of drug-likeness (QED) is 0.247. The Kier molecular flexibility index (Phi) is 5.43. The summed E-state index contributed by atoms with van der Waals surface area (Å²) in [7, 11) is 0. The van der Waals surface area contributed by atoms with Crippen LogP contribution >= 0.6 is 23.4 Å². The lowest BCUT2D eigenvalue weighted by atomic mass is 10.0. The zero-order valence-corrected chi connectivity index (χ0v) is 16.6. The van der Waals surface area contributed by atoms with Gasteiger partial charge < -0.3 is 9.52 Å². The van der Waals surface area contributed by atoms with E-state index >= 15 is 0 Å². The van der Waals surface area contributed by atoms with Gasteiger partial charge in [0.2, 0.25) is 0 Å². The largest absolute Gasteiger partial charge is 0.507 e. The van der Waals surface area contributed by atoms with Crippen molar-refractivity contribution in [2.75, 3.05) is 0 Å². The molecule has 1 atom stereocenters. The van der Waals surface area contributed by atoms with E-state index in [0.717, 1.165) is 16.7 Å². The normalized spacial score (nSPS) is 12.0. The van der Waals surface area contributed by atoms with E-state index < -0.39 is 10.9 Å². The number of rotatable bonds is 5. The molecule has 3 aromatic carbocycles. The standard InChI is InChI=1S/C23H15ClO4S/c24-15-10-12-16(13-11-15)29-22(20(25)14-6-2-1-3-7-14)19-21(26)17-8-4-5-9-18(17)28-23(19)27/h1-13,22,26H/t22-/m1/s1. The molecule has 29 heavy (non-hydrogen) atoms. The molecule has 1 aromatic heterocycles. The Labute approximate surface area is 175 Å². The molecule has 0 bridgehead atoms. The molecular weight excluding hydrogens is 408 g/mol. The maximum atomic E-state index is 13.3. The summed E-state index contributed by atoms with van der Waals surface area (Å²) in [6.07, 6.45) is 0. The molecule has 0 radical (unpaired) electrons. The second-order valence-electron chi connectivity index (χ2n) is 6.33. The minimum atomic E-state index is -0.987. The lowest BCUT2D eigenvalue weighted by molar-refractivity contribution is 0.0987. The van der Waals surface area contributed by atoms with Gasteiger partial charge in [0.15, 0.2) is 5.78 Å². The van der Waals surface area contributed by atoms with Gasteiger partial charge in [-0.3, -0.25) is 4.79 Å². The van der Waals surface area contributed by atoms with E-state index in [1.807, 2.05) is 0 Å². The molecule has 0 aliphatic carbocycles. The molecule has 0 spiro atoms. The third-order valence-corrected chi connectivity index (χ3v) is 5.93. The van der Waals surface area contributed by atoms with E-state index in [9.17, 15) is 14.7 Å². The highest BCUT2D eigenvalue weighted by atomic mass is 35.5. The Bertz CT molecular complexity index is 1230. The molecule has 144 valence electrons. The van der Waals surface area contributed by atoms with Crippen molar-refractivity contribution in [3.05, 3.63) is 105 Å². The van der Waals surface area contributed by atoms with Gasteiger partial charge >= 0.3 is 5.63 Å². The molecule has 0 saturated carbocycles. The summed E-state index contributed by atoms with van der Waals surface area (Å²) in [5.74, 6) is -0.545. The van der Waals surface area contributed by atoms with Gasteiger partial charge in [-0.1, -0.05) is 54.1 Å². The zero-order valence-electron chi connectivity index (χ0n) is 15.0. The average Bonchev–Trinajstić information content (AvgIpc) is 2.74. The summed E-state index contributed by atoms with van der Waals surface area (Å²) in [4.78, 5) is 26.8. The minimum absolute atomic E-state index is 0.0718. The predicted molar refractivity (Wildman–Crippen MR) is 115 cm³/mol. The number of para-hydroxylation sites is 1. The SMILES string of the molecule is O=C(c1ccccc1)[C@H](Sc1ccc(Cl)cc1)c1c(O)c2ccccc2oc1=O. The van der Waals surface area contributed by atoms with Crippen molar-refractivity contribution in [3.63, 3.8) is 0 Å². The maximum Gasteiger partial charge on any atom is 0.344 e. The van der Waals surface area contributed by atoms with Crippen molar-refractivity contribution >= 4 is 40.1 Å². The number of halogens is 1. The van der Waals surface area contributed by atoms with Gasteiger partial charge in [0.25, 0.3) is 0 Å². The van der Waals surface area contributed by atoms with Gasteiger partial charge in [0, 0.05) is 15.5 Å². The fourth-order valence-electron chi connectivity index (χ4n) is 3.03. The lowest BCUT2D eigenvalue weighted by Gasteiger charge is -2.17. The molecule has 0 amide bonds. The fraction of sp³-hybridized carbons (Fsp3) is 0.0435.